The number of aliphatic hydroxyl groups excluding tert-OH is 1. The van der Waals surface area contributed by atoms with Crippen molar-refractivity contribution in [1.29, 1.82) is 0 Å². The zero-order valence-corrected chi connectivity index (χ0v) is 41.0. The largest absolute Gasteiger partial charge is 0.756 e. The van der Waals surface area contributed by atoms with Crippen molar-refractivity contribution in [3.8, 4) is 0 Å². The molecule has 1 amide bonds. The minimum Gasteiger partial charge on any atom is -0.756 e. The third kappa shape index (κ3) is 45.8. The molecule has 0 aromatic heterocycles. The normalized spacial score (nSPS) is 14.8. The zero-order chi connectivity index (χ0) is 45.0. The number of carbonyl (C=O) groups excluding carboxylic acids is 1. The number of carbonyl (C=O) groups is 1. The van der Waals surface area contributed by atoms with E-state index in [9.17, 15) is 19.4 Å². The summed E-state index contributed by atoms with van der Waals surface area (Å²) < 4.78 is 23.2. The van der Waals surface area contributed by atoms with Gasteiger partial charge in [-0.25, -0.2) is 0 Å². The summed E-state index contributed by atoms with van der Waals surface area (Å²) >= 11 is 0. The molecule has 2 N–H and O–H groups in total. The average Bonchev–Trinajstić information content (AvgIpc) is 3.21. The highest BCUT2D eigenvalue weighted by Gasteiger charge is 2.23. The van der Waals surface area contributed by atoms with E-state index in [0.717, 1.165) is 44.9 Å². The number of allylic oxidation sites excluding steroid dienone is 10. The van der Waals surface area contributed by atoms with E-state index in [2.05, 4.69) is 67.8 Å². The van der Waals surface area contributed by atoms with E-state index in [0.29, 0.717) is 17.4 Å². The van der Waals surface area contributed by atoms with Crippen molar-refractivity contribution in [1.82, 2.24) is 5.32 Å². The molecule has 0 radical (unpaired) electrons. The first-order valence-electron chi connectivity index (χ1n) is 24.8. The fraction of sp³-hybridized carbons (Fsp3) is 0.750. The van der Waals surface area contributed by atoms with Crippen LogP contribution in [-0.2, 0) is 18.4 Å². The molecule has 0 saturated carbocycles. The fourth-order valence-corrected chi connectivity index (χ4v) is 7.53. The number of nitrogens with zero attached hydrogens (tertiary/aromatic N) is 1. The summed E-state index contributed by atoms with van der Waals surface area (Å²) in [6, 6.07) is -0.944. The first-order chi connectivity index (χ1) is 29.5. The standard InChI is InChI=1S/C52H95N2O6P/c1-6-8-10-12-14-16-18-20-22-23-24-25-26-27-28-29-30-32-33-35-37-39-41-43-45-51(55)50(49-60-61(57,58)59-48-47-54(3,4)5)53-52(56)46-44-42-40-38-36-34-31-21-19-17-15-13-11-9-7-2/h9,11,15,17,21,31,36,38,42-45,50-51,55H,6-8,10,12-14,16,18-20,22-30,32-35,37,39-41,46-49H2,1-5H3,(H-,53,56,57,58)/b11-9-,17-15-,31-21-,38-36-,44-42-,45-43+. The summed E-state index contributed by atoms with van der Waals surface area (Å²) in [4.78, 5) is 25.3. The molecule has 0 fully saturated rings. The maximum atomic E-state index is 12.8. The van der Waals surface area contributed by atoms with Gasteiger partial charge in [0.05, 0.1) is 39.9 Å². The lowest BCUT2D eigenvalue weighted by Gasteiger charge is -2.29. The summed E-state index contributed by atoms with van der Waals surface area (Å²) in [5, 5.41) is 13.7. The second-order valence-corrected chi connectivity index (χ2v) is 19.2. The number of hydrogen-bond acceptors (Lipinski definition) is 6. The topological polar surface area (TPSA) is 108 Å². The Balaban J connectivity index is 4.39. The summed E-state index contributed by atoms with van der Waals surface area (Å²) in [5.41, 5.74) is 0. The molecule has 8 nitrogen and oxygen atoms in total. The Hall–Kier alpha value is -2.06. The lowest BCUT2D eigenvalue weighted by atomic mass is 10.0. The monoisotopic (exact) mass is 875 g/mol. The van der Waals surface area contributed by atoms with Gasteiger partial charge >= 0.3 is 0 Å². The number of phosphoric acid groups is 1. The van der Waals surface area contributed by atoms with E-state index in [-0.39, 0.29) is 18.9 Å². The summed E-state index contributed by atoms with van der Waals surface area (Å²) in [7, 11) is 1.20. The van der Waals surface area contributed by atoms with E-state index >= 15 is 0 Å². The van der Waals surface area contributed by atoms with Gasteiger partial charge in [0, 0.05) is 6.42 Å². The Kier molecular flexibility index (Phi) is 41.7. The van der Waals surface area contributed by atoms with Gasteiger partial charge in [-0.05, 0) is 44.9 Å². The first kappa shape index (κ1) is 58.9. The molecule has 0 aromatic rings. The van der Waals surface area contributed by atoms with Crippen LogP contribution in [0.15, 0.2) is 72.9 Å². The van der Waals surface area contributed by atoms with E-state index in [1.165, 1.54) is 128 Å². The van der Waals surface area contributed by atoms with Crippen molar-refractivity contribution < 1.29 is 32.9 Å². The Morgan fingerprint density at radius 2 is 0.984 bits per heavy atom. The number of likely N-dealkylation sites (N-methyl/N-ethyl adjacent to an activating group) is 1. The number of nitrogens with one attached hydrogen (secondary N) is 1. The van der Waals surface area contributed by atoms with E-state index in [1.807, 2.05) is 33.3 Å². The molecular formula is C52H95N2O6P. The van der Waals surface area contributed by atoms with Gasteiger partial charge in [0.25, 0.3) is 7.82 Å². The van der Waals surface area contributed by atoms with Crippen LogP contribution in [0.3, 0.4) is 0 Å². The third-order valence-corrected chi connectivity index (χ3v) is 11.7. The number of quaternary nitrogens is 1. The molecule has 0 bridgehead atoms. The van der Waals surface area contributed by atoms with Crippen LogP contribution in [0.5, 0.6) is 0 Å². The number of aliphatic hydroxyl groups is 1. The molecule has 9 heteroatoms. The molecule has 0 aliphatic heterocycles. The van der Waals surface area contributed by atoms with Crippen molar-refractivity contribution in [3.05, 3.63) is 72.9 Å². The van der Waals surface area contributed by atoms with Crippen LogP contribution >= 0.6 is 7.82 Å². The molecule has 354 valence electrons. The number of rotatable bonds is 44. The molecule has 0 rings (SSSR count). The first-order valence-corrected chi connectivity index (χ1v) is 26.3. The number of amides is 1. The van der Waals surface area contributed by atoms with Crippen molar-refractivity contribution in [2.45, 2.75) is 212 Å². The van der Waals surface area contributed by atoms with Crippen molar-refractivity contribution in [2.75, 3.05) is 40.9 Å². The average molecular weight is 875 g/mol. The van der Waals surface area contributed by atoms with Crippen LogP contribution in [0.1, 0.15) is 200 Å². The van der Waals surface area contributed by atoms with Crippen molar-refractivity contribution in [3.63, 3.8) is 0 Å². The maximum absolute atomic E-state index is 12.8. The molecule has 0 saturated heterocycles. The smallest absolute Gasteiger partial charge is 0.268 e. The van der Waals surface area contributed by atoms with Gasteiger partial charge in [0.15, 0.2) is 0 Å². The number of hydrogen-bond donors (Lipinski definition) is 2. The van der Waals surface area contributed by atoms with Gasteiger partial charge < -0.3 is 28.8 Å². The van der Waals surface area contributed by atoms with Gasteiger partial charge in [0.1, 0.15) is 13.2 Å². The molecule has 3 unspecified atom stereocenters. The van der Waals surface area contributed by atoms with E-state index in [1.54, 1.807) is 12.2 Å². The van der Waals surface area contributed by atoms with Crippen LogP contribution < -0.4 is 10.2 Å². The predicted molar refractivity (Wildman–Crippen MR) is 260 cm³/mol. The Morgan fingerprint density at radius 1 is 0.590 bits per heavy atom. The lowest BCUT2D eigenvalue weighted by molar-refractivity contribution is -0.870. The quantitative estimate of drug-likeness (QED) is 0.0273. The third-order valence-electron chi connectivity index (χ3n) is 10.7. The fourth-order valence-electron chi connectivity index (χ4n) is 6.81. The van der Waals surface area contributed by atoms with E-state index < -0.39 is 26.6 Å². The Morgan fingerprint density at radius 3 is 1.39 bits per heavy atom. The van der Waals surface area contributed by atoms with Crippen LogP contribution in [0.2, 0.25) is 0 Å². The molecule has 61 heavy (non-hydrogen) atoms. The lowest BCUT2D eigenvalue weighted by Crippen LogP contribution is -2.45. The van der Waals surface area contributed by atoms with Crippen LogP contribution in [0.25, 0.3) is 0 Å². The Labute approximate surface area is 376 Å². The van der Waals surface area contributed by atoms with Gasteiger partial charge in [-0.2, -0.15) is 0 Å². The SMILES string of the molecule is CC/C=C\C/C=C\C/C=C\C/C=C\C/C=C\CC(=O)NC(COP(=O)([O-])OCC[N+](C)(C)C)C(O)/C=C/CCCCCCCCCCCCCCCCCCCCCCCC. The van der Waals surface area contributed by atoms with Crippen LogP contribution in [-0.4, -0.2) is 68.5 Å². The Bertz CT molecular complexity index is 1220. The minimum atomic E-state index is -4.62. The van der Waals surface area contributed by atoms with Gasteiger partial charge in [-0.1, -0.05) is 222 Å². The zero-order valence-electron chi connectivity index (χ0n) is 40.1. The summed E-state index contributed by atoms with van der Waals surface area (Å²) in [5.74, 6) is -0.325. The van der Waals surface area contributed by atoms with Gasteiger partial charge in [0.2, 0.25) is 5.91 Å². The van der Waals surface area contributed by atoms with Gasteiger partial charge in [-0.15, -0.1) is 0 Å². The van der Waals surface area contributed by atoms with Crippen LogP contribution in [0.4, 0.5) is 0 Å². The van der Waals surface area contributed by atoms with Crippen molar-refractivity contribution >= 4 is 13.7 Å². The second kappa shape index (κ2) is 43.2. The second-order valence-electron chi connectivity index (χ2n) is 17.8. The molecule has 0 heterocycles. The van der Waals surface area contributed by atoms with Crippen LogP contribution in [0, 0.1) is 0 Å². The molecule has 3 atom stereocenters. The number of phosphoric ester groups is 1. The molecular weight excluding hydrogens is 780 g/mol. The molecule has 0 spiro atoms. The highest BCUT2D eigenvalue weighted by atomic mass is 31.2. The van der Waals surface area contributed by atoms with Gasteiger partial charge in [-0.3, -0.25) is 9.36 Å². The van der Waals surface area contributed by atoms with Crippen molar-refractivity contribution in [2.24, 2.45) is 0 Å². The highest BCUT2D eigenvalue weighted by molar-refractivity contribution is 7.45. The predicted octanol–water partition coefficient (Wildman–Crippen LogP) is 13.7. The maximum Gasteiger partial charge on any atom is 0.268 e. The molecule has 0 aromatic carbocycles. The number of unbranched alkanes of at least 4 members (excludes halogenated alkanes) is 22. The summed E-state index contributed by atoms with van der Waals surface area (Å²) in [6.45, 7) is 4.46. The molecule has 0 aliphatic carbocycles. The molecule has 0 aliphatic rings. The highest BCUT2D eigenvalue weighted by Crippen LogP contribution is 2.38. The van der Waals surface area contributed by atoms with E-state index in [4.69, 9.17) is 9.05 Å². The summed E-state index contributed by atoms with van der Waals surface area (Å²) in [6.07, 6.45) is 58.6. The minimum absolute atomic E-state index is 0.0205.